The van der Waals surface area contributed by atoms with Crippen molar-refractivity contribution in [2.45, 2.75) is 20.1 Å². The Labute approximate surface area is 195 Å². The number of aryl methyl sites for hydroxylation is 1. The van der Waals surface area contributed by atoms with Crippen LogP contribution in [0.5, 0.6) is 17.2 Å². The summed E-state index contributed by atoms with van der Waals surface area (Å²) in [7, 11) is 3.19. The van der Waals surface area contributed by atoms with Gasteiger partial charge in [0.2, 0.25) is 0 Å². The number of nitrogens with zero attached hydrogens (tertiary/aromatic N) is 3. The first kappa shape index (κ1) is 22.3. The Morgan fingerprint density at radius 1 is 1.12 bits per heavy atom. The van der Waals surface area contributed by atoms with Crippen LogP contribution in [0.3, 0.4) is 0 Å². The average Bonchev–Trinajstić information content (AvgIpc) is 3.46. The van der Waals surface area contributed by atoms with Gasteiger partial charge in [0.15, 0.2) is 11.5 Å². The third-order valence-corrected chi connectivity index (χ3v) is 5.73. The highest BCUT2D eigenvalue weighted by molar-refractivity contribution is 7.09. The second-order valence-electron chi connectivity index (χ2n) is 7.16. The summed E-state index contributed by atoms with van der Waals surface area (Å²) in [6.45, 7) is 2.71. The van der Waals surface area contributed by atoms with Gasteiger partial charge in [-0.3, -0.25) is 4.79 Å². The largest absolute Gasteiger partial charge is 0.493 e. The van der Waals surface area contributed by atoms with Crippen molar-refractivity contribution in [3.63, 3.8) is 0 Å². The van der Waals surface area contributed by atoms with Gasteiger partial charge in [-0.1, -0.05) is 18.2 Å². The first-order valence-electron chi connectivity index (χ1n) is 10.2. The molecule has 4 rings (SSSR count). The molecule has 0 unspecified atom stereocenters. The number of nitrogens with one attached hydrogen (secondary N) is 1. The van der Waals surface area contributed by atoms with Gasteiger partial charge in [-0.05, 0) is 31.2 Å². The molecular formula is C24H24N4O4S. The Hall–Kier alpha value is -3.85. The van der Waals surface area contributed by atoms with E-state index >= 15 is 0 Å². The molecule has 0 spiro atoms. The lowest BCUT2D eigenvalue weighted by Crippen LogP contribution is -2.16. The van der Waals surface area contributed by atoms with Gasteiger partial charge in [0.1, 0.15) is 18.2 Å². The summed E-state index contributed by atoms with van der Waals surface area (Å²) in [5, 5.41) is 10.2. The quantitative estimate of drug-likeness (QED) is 0.391. The number of methoxy groups -OCH3 is 2. The molecule has 170 valence electrons. The summed E-state index contributed by atoms with van der Waals surface area (Å²) in [6, 6.07) is 14.4. The van der Waals surface area contributed by atoms with E-state index in [1.54, 1.807) is 60.7 Å². The number of ether oxygens (including phenoxy) is 3. The molecule has 2 heterocycles. The summed E-state index contributed by atoms with van der Waals surface area (Å²) in [5.74, 6) is 2.17. The van der Waals surface area contributed by atoms with Crippen LogP contribution in [0.15, 0.2) is 60.1 Å². The van der Waals surface area contributed by atoms with Crippen LogP contribution >= 0.6 is 11.3 Å². The lowest BCUT2D eigenvalue weighted by atomic mass is 10.2. The first-order valence-corrected chi connectivity index (χ1v) is 11.1. The van der Waals surface area contributed by atoms with Crippen molar-refractivity contribution < 1.29 is 19.0 Å². The van der Waals surface area contributed by atoms with Gasteiger partial charge >= 0.3 is 0 Å². The predicted molar refractivity (Wildman–Crippen MR) is 126 cm³/mol. The molecule has 0 aliphatic heterocycles. The van der Waals surface area contributed by atoms with E-state index in [1.165, 1.54) is 0 Å². The summed E-state index contributed by atoms with van der Waals surface area (Å²) in [6.07, 6.45) is 1.64. The maximum atomic E-state index is 12.9. The monoisotopic (exact) mass is 464 g/mol. The fourth-order valence-electron chi connectivity index (χ4n) is 3.35. The van der Waals surface area contributed by atoms with Gasteiger partial charge in [0.25, 0.3) is 5.91 Å². The number of hydrogen-bond acceptors (Lipinski definition) is 7. The number of carbonyl (C=O) groups excluding carboxylic acids is 1. The molecule has 1 N–H and O–H groups in total. The molecule has 33 heavy (non-hydrogen) atoms. The zero-order valence-corrected chi connectivity index (χ0v) is 19.4. The molecule has 0 aliphatic carbocycles. The fourth-order valence-corrected chi connectivity index (χ4v) is 3.95. The lowest BCUT2D eigenvalue weighted by molar-refractivity contribution is 0.102. The molecule has 0 fully saturated rings. The summed E-state index contributed by atoms with van der Waals surface area (Å²) in [5.41, 5.74) is 2.22. The van der Waals surface area contributed by atoms with Crippen molar-refractivity contribution >= 4 is 23.1 Å². The van der Waals surface area contributed by atoms with E-state index in [2.05, 4.69) is 15.4 Å². The third-order valence-electron chi connectivity index (χ3n) is 4.91. The molecule has 0 saturated carbocycles. The Kier molecular flexibility index (Phi) is 6.89. The predicted octanol–water partition coefficient (Wildman–Crippen LogP) is 4.54. The molecule has 0 saturated heterocycles. The second kappa shape index (κ2) is 10.2. The molecule has 0 bridgehead atoms. The van der Waals surface area contributed by atoms with E-state index in [0.29, 0.717) is 41.8 Å². The maximum absolute atomic E-state index is 12.9. The Balaban J connectivity index is 1.45. The van der Waals surface area contributed by atoms with Gasteiger partial charge in [0, 0.05) is 22.6 Å². The number of anilines is 1. The van der Waals surface area contributed by atoms with Crippen molar-refractivity contribution in [2.24, 2.45) is 0 Å². The van der Waals surface area contributed by atoms with Crippen molar-refractivity contribution in [2.75, 3.05) is 19.5 Å². The minimum absolute atomic E-state index is 0.260. The molecule has 2 aromatic carbocycles. The SMILES string of the molecule is COc1cccc(Cn2nccc2NC(=O)c2cccc(OCc3csc(C)n3)c2)c1OC. The summed E-state index contributed by atoms with van der Waals surface area (Å²) >= 11 is 1.58. The van der Waals surface area contributed by atoms with E-state index in [0.717, 1.165) is 16.3 Å². The summed E-state index contributed by atoms with van der Waals surface area (Å²) in [4.78, 5) is 17.3. The molecule has 8 nitrogen and oxygen atoms in total. The van der Waals surface area contributed by atoms with Crippen LogP contribution in [0.2, 0.25) is 0 Å². The van der Waals surface area contributed by atoms with E-state index in [9.17, 15) is 4.79 Å². The fraction of sp³-hybridized carbons (Fsp3) is 0.208. The first-order chi connectivity index (χ1) is 16.1. The molecule has 4 aromatic rings. The molecule has 2 aromatic heterocycles. The van der Waals surface area contributed by atoms with Crippen LogP contribution in [0.25, 0.3) is 0 Å². The van der Waals surface area contributed by atoms with E-state index < -0.39 is 0 Å². The van der Waals surface area contributed by atoms with Crippen LogP contribution < -0.4 is 19.5 Å². The Bertz CT molecular complexity index is 1250. The molecule has 0 radical (unpaired) electrons. The number of amides is 1. The normalized spacial score (nSPS) is 10.6. The van der Waals surface area contributed by atoms with Gasteiger partial charge in [-0.15, -0.1) is 11.3 Å². The molecule has 9 heteroatoms. The zero-order valence-electron chi connectivity index (χ0n) is 18.6. The van der Waals surface area contributed by atoms with Crippen LogP contribution in [0.4, 0.5) is 5.82 Å². The minimum Gasteiger partial charge on any atom is -0.493 e. The summed E-state index contributed by atoms with van der Waals surface area (Å²) < 4.78 is 18.4. The smallest absolute Gasteiger partial charge is 0.256 e. The van der Waals surface area contributed by atoms with Crippen LogP contribution in [-0.4, -0.2) is 34.9 Å². The van der Waals surface area contributed by atoms with Crippen molar-refractivity contribution in [3.8, 4) is 17.2 Å². The lowest BCUT2D eigenvalue weighted by Gasteiger charge is -2.14. The number of para-hydroxylation sites is 1. The standard InChI is InChI=1S/C24H24N4O4S/c1-16-26-19(15-33-16)14-32-20-8-4-6-17(12-20)24(29)27-22-10-11-25-28(22)13-18-7-5-9-21(30-2)23(18)31-3/h4-12,15H,13-14H2,1-3H3,(H,27,29). The minimum atomic E-state index is -0.260. The highest BCUT2D eigenvalue weighted by atomic mass is 32.1. The second-order valence-corrected chi connectivity index (χ2v) is 8.22. The van der Waals surface area contributed by atoms with Crippen molar-refractivity contribution in [1.82, 2.24) is 14.8 Å². The topological polar surface area (TPSA) is 87.5 Å². The maximum Gasteiger partial charge on any atom is 0.256 e. The van der Waals surface area contributed by atoms with Crippen LogP contribution in [0, 0.1) is 6.92 Å². The molecule has 0 atom stereocenters. The number of aromatic nitrogens is 3. The van der Waals surface area contributed by atoms with Gasteiger partial charge in [-0.2, -0.15) is 5.10 Å². The average molecular weight is 465 g/mol. The number of thiazole rings is 1. The highest BCUT2D eigenvalue weighted by Gasteiger charge is 2.14. The number of benzene rings is 2. The van der Waals surface area contributed by atoms with E-state index in [1.807, 2.05) is 36.6 Å². The number of carbonyl (C=O) groups is 1. The molecule has 0 aliphatic rings. The number of hydrogen-bond donors (Lipinski definition) is 1. The zero-order chi connectivity index (χ0) is 23.2. The number of rotatable bonds is 9. The van der Waals surface area contributed by atoms with Gasteiger partial charge < -0.3 is 19.5 Å². The van der Waals surface area contributed by atoms with Gasteiger partial charge in [-0.25, -0.2) is 9.67 Å². The van der Waals surface area contributed by atoms with E-state index in [4.69, 9.17) is 14.2 Å². The molecular weight excluding hydrogens is 440 g/mol. The van der Waals surface area contributed by atoms with Crippen LogP contribution in [0.1, 0.15) is 26.6 Å². The Morgan fingerprint density at radius 2 is 1.97 bits per heavy atom. The Morgan fingerprint density at radius 3 is 2.73 bits per heavy atom. The highest BCUT2D eigenvalue weighted by Crippen LogP contribution is 2.31. The molecule has 1 amide bonds. The van der Waals surface area contributed by atoms with E-state index in [-0.39, 0.29) is 5.91 Å². The van der Waals surface area contributed by atoms with Crippen molar-refractivity contribution in [1.29, 1.82) is 0 Å². The third kappa shape index (κ3) is 5.32. The van der Waals surface area contributed by atoms with Crippen LogP contribution in [-0.2, 0) is 13.2 Å². The van der Waals surface area contributed by atoms with Gasteiger partial charge in [0.05, 0.1) is 37.7 Å². The van der Waals surface area contributed by atoms with Crippen molar-refractivity contribution in [3.05, 3.63) is 81.9 Å².